The van der Waals surface area contributed by atoms with E-state index in [-0.39, 0.29) is 23.0 Å². The zero-order chi connectivity index (χ0) is 26.0. The Balaban J connectivity index is 1.85. The molecule has 9 nitrogen and oxygen atoms in total. The molecule has 0 radical (unpaired) electrons. The minimum atomic E-state index is -4.37. The lowest BCUT2D eigenvalue weighted by Crippen LogP contribution is -2.34. The van der Waals surface area contributed by atoms with Gasteiger partial charge in [-0.25, -0.2) is 12.8 Å². The van der Waals surface area contributed by atoms with Crippen LogP contribution in [0, 0.1) is 5.82 Å². The third kappa shape index (κ3) is 6.65. The molecular weight excluding hydrogens is 501 g/mol. The summed E-state index contributed by atoms with van der Waals surface area (Å²) in [4.78, 5) is 27.7. The second kappa shape index (κ2) is 10.1. The van der Waals surface area contributed by atoms with Crippen molar-refractivity contribution < 1.29 is 32.2 Å². The van der Waals surface area contributed by atoms with Gasteiger partial charge in [0.05, 0.1) is 4.90 Å². The van der Waals surface area contributed by atoms with Gasteiger partial charge in [0.1, 0.15) is 29.0 Å². The highest BCUT2D eigenvalue weighted by molar-refractivity contribution is 7.89. The van der Waals surface area contributed by atoms with Crippen molar-refractivity contribution in [2.45, 2.75) is 37.8 Å². The van der Waals surface area contributed by atoms with E-state index in [0.29, 0.717) is 11.1 Å². The molecule has 0 saturated carbocycles. The molecule has 0 aliphatic rings. The number of hydrogen-bond acceptors (Lipinski definition) is 7. The van der Waals surface area contributed by atoms with Crippen LogP contribution in [0.3, 0.4) is 0 Å². The number of sulfonamides is 1. The zero-order valence-corrected chi connectivity index (χ0v) is 20.6. The summed E-state index contributed by atoms with van der Waals surface area (Å²) in [5.41, 5.74) is -0.684. The Kier molecular flexibility index (Phi) is 7.63. The molecule has 3 rings (SSSR count). The number of carbonyl (C=O) groups excluding carboxylic acids is 2. The molecule has 35 heavy (non-hydrogen) atoms. The number of nitrogens with one attached hydrogen (secondary N) is 2. The number of rotatable bonds is 7. The molecular formula is C23H23ClFN3O6S. The van der Waals surface area contributed by atoms with Crippen LogP contribution in [0.2, 0.25) is 5.02 Å². The van der Waals surface area contributed by atoms with Gasteiger partial charge in [-0.15, -0.1) is 0 Å². The minimum Gasteiger partial charge on any atom is -0.506 e. The van der Waals surface area contributed by atoms with Crippen molar-refractivity contribution in [2.75, 3.05) is 6.54 Å². The number of carbonyl (C=O) groups is 2. The number of aromatic nitrogens is 1. The fourth-order valence-corrected chi connectivity index (χ4v) is 4.17. The molecule has 3 aromatic rings. The van der Waals surface area contributed by atoms with Crippen LogP contribution in [-0.4, -0.2) is 42.5 Å². The molecule has 1 aromatic heterocycles. The molecule has 0 saturated heterocycles. The van der Waals surface area contributed by atoms with E-state index in [9.17, 15) is 27.5 Å². The zero-order valence-electron chi connectivity index (χ0n) is 19.1. The molecule has 0 aliphatic carbocycles. The number of amides is 1. The molecule has 12 heteroatoms. The van der Waals surface area contributed by atoms with Gasteiger partial charge in [-0.2, -0.15) is 4.72 Å². The van der Waals surface area contributed by atoms with Crippen molar-refractivity contribution >= 4 is 44.4 Å². The number of pyridine rings is 1. The van der Waals surface area contributed by atoms with Crippen LogP contribution >= 0.6 is 11.6 Å². The van der Waals surface area contributed by atoms with Crippen LogP contribution in [0.4, 0.5) is 4.39 Å². The van der Waals surface area contributed by atoms with E-state index in [1.165, 1.54) is 0 Å². The normalized spacial score (nSPS) is 11.9. The maximum atomic E-state index is 14.6. The second-order valence-corrected chi connectivity index (χ2v) is 10.7. The van der Waals surface area contributed by atoms with Gasteiger partial charge in [0, 0.05) is 23.2 Å². The van der Waals surface area contributed by atoms with Crippen molar-refractivity contribution in [1.29, 1.82) is 0 Å². The molecule has 1 amide bonds. The standard InChI is InChI=1S/C23H23ClFN3O6S/c1-23(2,3)34-19(29)12-28-35(32,33)15-8-16-20(18(25)9-15)26-11-17(21(16)30)22(31)27-10-13-4-6-14(24)7-5-13/h4-9,11,28H,10,12H2,1-3H3,(H,26,30)(H,27,31). The van der Waals surface area contributed by atoms with Crippen LogP contribution in [0.15, 0.2) is 47.5 Å². The molecule has 0 aliphatic heterocycles. The molecule has 0 unspecified atom stereocenters. The van der Waals surface area contributed by atoms with E-state index in [2.05, 4.69) is 10.3 Å². The molecule has 1 heterocycles. The predicted molar refractivity (Wildman–Crippen MR) is 127 cm³/mol. The Labute approximate surface area is 206 Å². The van der Waals surface area contributed by atoms with E-state index in [1.54, 1.807) is 45.0 Å². The topological polar surface area (TPSA) is 135 Å². The highest BCUT2D eigenvalue weighted by Gasteiger charge is 2.24. The first-order valence-electron chi connectivity index (χ1n) is 10.3. The first-order valence-corrected chi connectivity index (χ1v) is 12.2. The molecule has 0 spiro atoms. The van der Waals surface area contributed by atoms with E-state index in [0.717, 1.165) is 17.8 Å². The summed E-state index contributed by atoms with van der Waals surface area (Å²) in [6, 6.07) is 8.38. The van der Waals surface area contributed by atoms with Crippen molar-refractivity contribution in [2.24, 2.45) is 0 Å². The van der Waals surface area contributed by atoms with Crippen molar-refractivity contribution in [3.8, 4) is 5.75 Å². The Morgan fingerprint density at radius 2 is 1.83 bits per heavy atom. The van der Waals surface area contributed by atoms with Gasteiger partial charge in [-0.05, 0) is 50.6 Å². The van der Waals surface area contributed by atoms with Crippen LogP contribution < -0.4 is 10.0 Å². The minimum absolute atomic E-state index is 0.116. The van der Waals surface area contributed by atoms with E-state index in [1.807, 2.05) is 4.72 Å². The van der Waals surface area contributed by atoms with Crippen LogP contribution in [-0.2, 0) is 26.1 Å². The Morgan fingerprint density at radius 3 is 2.46 bits per heavy atom. The van der Waals surface area contributed by atoms with Crippen molar-refractivity contribution in [3.05, 3.63) is 64.6 Å². The molecule has 186 valence electrons. The summed E-state index contributed by atoms with van der Waals surface area (Å²) < 4.78 is 47.0. The number of nitrogens with zero attached hydrogens (tertiary/aromatic N) is 1. The number of halogens is 2. The molecule has 3 N–H and O–H groups in total. The van der Waals surface area contributed by atoms with Crippen LogP contribution in [0.1, 0.15) is 36.7 Å². The number of aromatic hydroxyl groups is 1. The first kappa shape index (κ1) is 26.3. The largest absolute Gasteiger partial charge is 0.506 e. The van der Waals surface area contributed by atoms with Gasteiger partial charge in [-0.1, -0.05) is 23.7 Å². The monoisotopic (exact) mass is 523 g/mol. The average molecular weight is 524 g/mol. The molecule has 0 atom stereocenters. The third-order valence-electron chi connectivity index (χ3n) is 4.62. The lowest BCUT2D eigenvalue weighted by Gasteiger charge is -2.19. The maximum absolute atomic E-state index is 14.6. The lowest BCUT2D eigenvalue weighted by atomic mass is 10.1. The van der Waals surface area contributed by atoms with Gasteiger partial charge < -0.3 is 15.2 Å². The van der Waals surface area contributed by atoms with Crippen molar-refractivity contribution in [1.82, 2.24) is 15.0 Å². The maximum Gasteiger partial charge on any atom is 0.321 e. The Bertz CT molecular complexity index is 1390. The van der Waals surface area contributed by atoms with E-state index >= 15 is 0 Å². The van der Waals surface area contributed by atoms with E-state index < -0.39 is 50.5 Å². The summed E-state index contributed by atoms with van der Waals surface area (Å²) in [5, 5.41) is 13.5. The summed E-state index contributed by atoms with van der Waals surface area (Å²) in [7, 11) is -4.37. The average Bonchev–Trinajstić information content (AvgIpc) is 2.76. The third-order valence-corrected chi connectivity index (χ3v) is 6.25. The summed E-state index contributed by atoms with van der Waals surface area (Å²) in [5.74, 6) is -3.22. The van der Waals surface area contributed by atoms with Gasteiger partial charge in [-0.3, -0.25) is 14.6 Å². The quantitative estimate of drug-likeness (QED) is 0.404. The Morgan fingerprint density at radius 1 is 1.17 bits per heavy atom. The van der Waals surface area contributed by atoms with Gasteiger partial charge in [0.15, 0.2) is 5.82 Å². The smallest absolute Gasteiger partial charge is 0.321 e. The fraction of sp³-hybridized carbons (Fsp3) is 0.261. The number of esters is 1. The van der Waals surface area contributed by atoms with Gasteiger partial charge >= 0.3 is 5.97 Å². The number of fused-ring (bicyclic) bond motifs is 1. The van der Waals surface area contributed by atoms with E-state index in [4.69, 9.17) is 16.3 Å². The number of benzene rings is 2. The second-order valence-electron chi connectivity index (χ2n) is 8.54. The Hall–Kier alpha value is -3.28. The SMILES string of the molecule is CC(C)(C)OC(=O)CNS(=O)(=O)c1cc(F)c2ncc(C(=O)NCc3ccc(Cl)cc3)c(O)c2c1. The first-order chi connectivity index (χ1) is 16.3. The number of ether oxygens (including phenoxy) is 1. The van der Waals surface area contributed by atoms with Gasteiger partial charge in [0.2, 0.25) is 10.0 Å². The summed E-state index contributed by atoms with van der Waals surface area (Å²) in [6.45, 7) is 4.30. The number of hydrogen-bond donors (Lipinski definition) is 3. The van der Waals surface area contributed by atoms with Crippen LogP contribution in [0.5, 0.6) is 5.75 Å². The van der Waals surface area contributed by atoms with Gasteiger partial charge in [0.25, 0.3) is 5.91 Å². The van der Waals surface area contributed by atoms with Crippen molar-refractivity contribution in [3.63, 3.8) is 0 Å². The van der Waals surface area contributed by atoms with Crippen LogP contribution in [0.25, 0.3) is 10.9 Å². The summed E-state index contributed by atoms with van der Waals surface area (Å²) >= 11 is 5.84. The highest BCUT2D eigenvalue weighted by atomic mass is 35.5. The summed E-state index contributed by atoms with van der Waals surface area (Å²) in [6.07, 6.45) is 0.993. The molecule has 0 fully saturated rings. The molecule has 0 bridgehead atoms. The molecule has 2 aromatic carbocycles. The predicted octanol–water partition coefficient (Wildman–Crippen LogP) is 3.28. The lowest BCUT2D eigenvalue weighted by molar-refractivity contribution is -0.153. The highest BCUT2D eigenvalue weighted by Crippen LogP contribution is 2.31. The fourth-order valence-electron chi connectivity index (χ4n) is 3.04.